The standard InChI is InChI=1S/C24H33N5O2S/c32-24-26-22(20-7-1-2-9-25-20)23(29(24)12-5-10-27-13-16-30-17-14-27)21-8-3-11-28(21)18-19-6-4-15-31-19/h1-3,7-9,11,19,22-23H,4-6,10,12-18H2,(H,26,32)/t19-,22-,23-/m1/s1. The lowest BCUT2D eigenvalue weighted by molar-refractivity contribution is 0.0365. The van der Waals surface area contributed by atoms with Crippen molar-refractivity contribution in [1.82, 2.24) is 24.7 Å². The van der Waals surface area contributed by atoms with Gasteiger partial charge in [-0.05, 0) is 55.7 Å². The fourth-order valence-electron chi connectivity index (χ4n) is 5.13. The molecule has 5 rings (SSSR count). The maximum Gasteiger partial charge on any atom is 0.170 e. The minimum Gasteiger partial charge on any atom is -0.379 e. The maximum absolute atomic E-state index is 5.93. The van der Waals surface area contributed by atoms with Crippen LogP contribution in [0.15, 0.2) is 42.7 Å². The van der Waals surface area contributed by atoms with E-state index >= 15 is 0 Å². The summed E-state index contributed by atoms with van der Waals surface area (Å²) in [7, 11) is 0. The Bertz CT molecular complexity index is 880. The van der Waals surface area contributed by atoms with Gasteiger partial charge in [0, 0.05) is 57.4 Å². The lowest BCUT2D eigenvalue weighted by Crippen LogP contribution is -2.39. The van der Waals surface area contributed by atoms with E-state index in [1.165, 1.54) is 5.69 Å². The van der Waals surface area contributed by atoms with Gasteiger partial charge in [0.05, 0.1) is 37.1 Å². The van der Waals surface area contributed by atoms with Crippen molar-refractivity contribution in [1.29, 1.82) is 0 Å². The largest absolute Gasteiger partial charge is 0.379 e. The van der Waals surface area contributed by atoms with Crippen molar-refractivity contribution in [2.45, 2.75) is 44.0 Å². The van der Waals surface area contributed by atoms with Crippen molar-refractivity contribution in [2.24, 2.45) is 0 Å². The summed E-state index contributed by atoms with van der Waals surface area (Å²) in [5.74, 6) is 0. The predicted molar refractivity (Wildman–Crippen MR) is 127 cm³/mol. The van der Waals surface area contributed by atoms with Gasteiger partial charge in [-0.15, -0.1) is 0 Å². The van der Waals surface area contributed by atoms with Gasteiger partial charge in [0.1, 0.15) is 0 Å². The molecule has 2 aromatic heterocycles. The topological polar surface area (TPSA) is 54.8 Å². The van der Waals surface area contributed by atoms with E-state index in [4.69, 9.17) is 21.7 Å². The molecule has 0 aromatic carbocycles. The van der Waals surface area contributed by atoms with Crippen molar-refractivity contribution in [3.05, 3.63) is 54.1 Å². The normalized spacial score (nSPS) is 26.6. The summed E-state index contributed by atoms with van der Waals surface area (Å²) in [5.41, 5.74) is 2.30. The third kappa shape index (κ3) is 4.83. The van der Waals surface area contributed by atoms with E-state index in [2.05, 4.69) is 55.1 Å². The predicted octanol–water partition coefficient (Wildman–Crippen LogP) is 2.76. The van der Waals surface area contributed by atoms with E-state index in [-0.39, 0.29) is 12.1 Å². The Balaban J connectivity index is 1.36. The molecule has 0 spiro atoms. The van der Waals surface area contributed by atoms with E-state index in [9.17, 15) is 0 Å². The molecule has 3 aliphatic heterocycles. The first-order valence-electron chi connectivity index (χ1n) is 11.8. The van der Waals surface area contributed by atoms with Gasteiger partial charge in [-0.25, -0.2) is 0 Å². The highest BCUT2D eigenvalue weighted by atomic mass is 32.1. The molecular weight excluding hydrogens is 422 g/mol. The summed E-state index contributed by atoms with van der Waals surface area (Å²) in [6, 6.07) is 10.6. The summed E-state index contributed by atoms with van der Waals surface area (Å²) in [6.07, 6.45) is 7.70. The van der Waals surface area contributed by atoms with Gasteiger partial charge >= 0.3 is 0 Å². The second kappa shape index (κ2) is 10.3. The van der Waals surface area contributed by atoms with E-state index in [0.29, 0.717) is 6.10 Å². The van der Waals surface area contributed by atoms with Crippen LogP contribution in [-0.2, 0) is 16.0 Å². The van der Waals surface area contributed by atoms with E-state index in [1.54, 1.807) is 0 Å². The molecule has 3 aliphatic rings. The van der Waals surface area contributed by atoms with Crippen molar-refractivity contribution >= 4 is 17.3 Å². The molecule has 32 heavy (non-hydrogen) atoms. The number of aromatic nitrogens is 2. The molecule has 0 unspecified atom stereocenters. The molecule has 5 heterocycles. The molecule has 0 saturated carbocycles. The Morgan fingerprint density at radius 1 is 1.09 bits per heavy atom. The smallest absolute Gasteiger partial charge is 0.170 e. The van der Waals surface area contributed by atoms with Crippen LogP contribution >= 0.6 is 12.2 Å². The molecule has 3 saturated heterocycles. The zero-order chi connectivity index (χ0) is 21.8. The Labute approximate surface area is 195 Å². The van der Waals surface area contributed by atoms with Gasteiger partial charge in [0.25, 0.3) is 0 Å². The van der Waals surface area contributed by atoms with Crippen LogP contribution in [0.1, 0.15) is 42.7 Å². The fraction of sp³-hybridized carbons (Fsp3) is 0.583. The average molecular weight is 456 g/mol. The number of hydrogen-bond donors (Lipinski definition) is 1. The number of rotatable bonds is 8. The number of nitrogens with zero attached hydrogens (tertiary/aromatic N) is 4. The second-order valence-corrected chi connectivity index (χ2v) is 9.23. The van der Waals surface area contributed by atoms with Gasteiger partial charge in [-0.2, -0.15) is 0 Å². The quantitative estimate of drug-likeness (QED) is 0.615. The molecule has 8 heteroatoms. The summed E-state index contributed by atoms with van der Waals surface area (Å²) < 4.78 is 13.8. The molecule has 0 aliphatic carbocycles. The van der Waals surface area contributed by atoms with E-state index in [1.807, 2.05) is 12.3 Å². The van der Waals surface area contributed by atoms with Crippen LogP contribution in [-0.4, -0.2) is 76.6 Å². The van der Waals surface area contributed by atoms with Crippen LogP contribution in [0.4, 0.5) is 0 Å². The molecule has 7 nitrogen and oxygen atoms in total. The number of pyridine rings is 1. The Hall–Kier alpha value is -2.00. The summed E-state index contributed by atoms with van der Waals surface area (Å²) in [6.45, 7) is 7.47. The molecule has 2 aromatic rings. The van der Waals surface area contributed by atoms with Crippen molar-refractivity contribution in [3.63, 3.8) is 0 Å². The molecule has 0 bridgehead atoms. The van der Waals surface area contributed by atoms with Crippen LogP contribution in [0.3, 0.4) is 0 Å². The zero-order valence-corrected chi connectivity index (χ0v) is 19.4. The van der Waals surface area contributed by atoms with Gasteiger partial charge in [0.15, 0.2) is 5.11 Å². The summed E-state index contributed by atoms with van der Waals surface area (Å²) in [4.78, 5) is 9.53. The number of thiocarbonyl (C=S) groups is 1. The Kier molecular flexibility index (Phi) is 7.02. The monoisotopic (exact) mass is 455 g/mol. The molecule has 172 valence electrons. The lowest BCUT2D eigenvalue weighted by Gasteiger charge is -2.31. The molecule has 0 amide bonds. The molecule has 3 fully saturated rings. The molecular formula is C24H33N5O2S. The highest BCUT2D eigenvalue weighted by Crippen LogP contribution is 2.39. The highest BCUT2D eigenvalue weighted by molar-refractivity contribution is 7.80. The number of nitrogens with one attached hydrogen (secondary N) is 1. The van der Waals surface area contributed by atoms with Crippen LogP contribution in [0.2, 0.25) is 0 Å². The number of hydrogen-bond acceptors (Lipinski definition) is 5. The summed E-state index contributed by atoms with van der Waals surface area (Å²) >= 11 is 5.84. The van der Waals surface area contributed by atoms with Gasteiger partial charge in [0.2, 0.25) is 0 Å². The van der Waals surface area contributed by atoms with Crippen LogP contribution in [0.5, 0.6) is 0 Å². The van der Waals surface area contributed by atoms with Crippen LogP contribution < -0.4 is 5.32 Å². The number of ether oxygens (including phenoxy) is 2. The SMILES string of the molecule is S=C1N[C@H](c2ccccn2)[C@@H](c2cccn2C[C@H]2CCCO2)N1CCCN1CCOCC1. The lowest BCUT2D eigenvalue weighted by atomic mass is 10.0. The average Bonchev–Trinajstić information content (AvgIpc) is 3.57. The second-order valence-electron chi connectivity index (χ2n) is 8.85. The van der Waals surface area contributed by atoms with Crippen LogP contribution in [0, 0.1) is 0 Å². The van der Waals surface area contributed by atoms with Gasteiger partial charge < -0.3 is 24.3 Å². The van der Waals surface area contributed by atoms with Crippen LogP contribution in [0.25, 0.3) is 0 Å². The first-order valence-corrected chi connectivity index (χ1v) is 12.3. The minimum atomic E-state index is 0.0326. The third-order valence-electron chi connectivity index (χ3n) is 6.77. The molecule has 0 radical (unpaired) electrons. The Morgan fingerprint density at radius 3 is 2.78 bits per heavy atom. The Morgan fingerprint density at radius 2 is 2.00 bits per heavy atom. The maximum atomic E-state index is 5.93. The van der Waals surface area contributed by atoms with E-state index in [0.717, 1.165) is 82.6 Å². The fourth-order valence-corrected chi connectivity index (χ4v) is 5.46. The third-order valence-corrected chi connectivity index (χ3v) is 7.12. The van der Waals surface area contributed by atoms with Crippen molar-refractivity contribution in [2.75, 3.05) is 46.0 Å². The van der Waals surface area contributed by atoms with Gasteiger partial charge in [-0.3, -0.25) is 9.88 Å². The van der Waals surface area contributed by atoms with Crippen molar-refractivity contribution < 1.29 is 9.47 Å². The first kappa shape index (κ1) is 21.8. The van der Waals surface area contributed by atoms with Crippen molar-refractivity contribution in [3.8, 4) is 0 Å². The van der Waals surface area contributed by atoms with Gasteiger partial charge in [-0.1, -0.05) is 6.07 Å². The highest BCUT2D eigenvalue weighted by Gasteiger charge is 2.41. The first-order chi connectivity index (χ1) is 15.8. The minimum absolute atomic E-state index is 0.0326. The number of morpholine rings is 1. The molecule has 3 atom stereocenters. The summed E-state index contributed by atoms with van der Waals surface area (Å²) in [5, 5.41) is 4.40. The zero-order valence-electron chi connectivity index (χ0n) is 18.6. The molecule has 1 N–H and O–H groups in total. The van der Waals surface area contributed by atoms with E-state index < -0.39 is 0 Å².